The molecule has 6 heteroatoms. The van der Waals surface area contributed by atoms with E-state index in [4.69, 9.17) is 0 Å². The van der Waals surface area contributed by atoms with Gasteiger partial charge >= 0.3 is 0 Å². The lowest BCUT2D eigenvalue weighted by molar-refractivity contribution is -0.856. The molecule has 0 atom stereocenters. The predicted molar refractivity (Wildman–Crippen MR) is 98.2 cm³/mol. The zero-order chi connectivity index (χ0) is 17.7. The highest BCUT2D eigenvalue weighted by atomic mass is 32.1. The zero-order valence-electron chi connectivity index (χ0n) is 14.5. The van der Waals surface area contributed by atoms with Gasteiger partial charge in [-0.25, -0.2) is 0 Å². The first-order valence-electron chi connectivity index (χ1n) is 7.93. The minimum absolute atomic E-state index is 0.138. The fourth-order valence-electron chi connectivity index (χ4n) is 2.27. The van der Waals surface area contributed by atoms with Crippen LogP contribution in [0.3, 0.4) is 0 Å². The summed E-state index contributed by atoms with van der Waals surface area (Å²) in [5, 5.41) is 6.42. The molecule has 0 bridgehead atoms. The van der Waals surface area contributed by atoms with Crippen molar-refractivity contribution in [2.45, 2.75) is 13.8 Å². The first-order valence-corrected chi connectivity index (χ1v) is 8.75. The van der Waals surface area contributed by atoms with Gasteiger partial charge in [-0.15, -0.1) is 11.3 Å². The molecule has 0 fully saturated rings. The quantitative estimate of drug-likeness (QED) is 0.742. The lowest BCUT2D eigenvalue weighted by Gasteiger charge is -2.10. The smallest absolute Gasteiger partial charge is 0.256 e. The first-order chi connectivity index (χ1) is 11.4. The monoisotopic (exact) mass is 346 g/mol. The molecule has 0 aliphatic heterocycles. The number of nitrogens with one attached hydrogen (secondary N) is 3. The second-order valence-electron chi connectivity index (χ2n) is 6.02. The second-order valence-corrected chi connectivity index (χ2v) is 7.25. The summed E-state index contributed by atoms with van der Waals surface area (Å²) in [6.07, 6.45) is 0. The molecule has 3 N–H and O–H groups in total. The van der Waals surface area contributed by atoms with Gasteiger partial charge in [0.05, 0.1) is 32.7 Å². The highest BCUT2D eigenvalue weighted by Crippen LogP contribution is 2.32. The van der Waals surface area contributed by atoms with Gasteiger partial charge in [0.1, 0.15) is 5.00 Å². The molecule has 0 spiro atoms. The van der Waals surface area contributed by atoms with Crippen molar-refractivity contribution in [3.8, 4) is 0 Å². The highest BCUT2D eigenvalue weighted by Gasteiger charge is 2.21. The van der Waals surface area contributed by atoms with Crippen molar-refractivity contribution in [2.24, 2.45) is 0 Å². The summed E-state index contributed by atoms with van der Waals surface area (Å²) in [6, 6.07) is 9.00. The average molecular weight is 346 g/mol. The Morgan fingerprint density at radius 2 is 1.75 bits per heavy atom. The summed E-state index contributed by atoms with van der Waals surface area (Å²) in [5.41, 5.74) is 2.05. The van der Waals surface area contributed by atoms with Crippen LogP contribution in [0.15, 0.2) is 30.3 Å². The van der Waals surface area contributed by atoms with Crippen LogP contribution in [0.5, 0.6) is 0 Å². The van der Waals surface area contributed by atoms with Crippen LogP contribution in [0.25, 0.3) is 0 Å². The van der Waals surface area contributed by atoms with Gasteiger partial charge in [-0.3, -0.25) is 9.59 Å². The highest BCUT2D eigenvalue weighted by molar-refractivity contribution is 7.16. The van der Waals surface area contributed by atoms with Crippen molar-refractivity contribution in [1.82, 2.24) is 5.32 Å². The number of thiophene rings is 1. The van der Waals surface area contributed by atoms with Crippen LogP contribution in [0.1, 0.15) is 31.2 Å². The molecule has 0 radical (unpaired) electrons. The molecule has 0 saturated heterocycles. The number of carbonyl (C=O) groups excluding carboxylic acids is 2. The Balaban J connectivity index is 2.17. The van der Waals surface area contributed by atoms with Gasteiger partial charge in [0.25, 0.3) is 11.8 Å². The topological polar surface area (TPSA) is 62.6 Å². The van der Waals surface area contributed by atoms with Crippen molar-refractivity contribution < 1.29 is 14.5 Å². The fourth-order valence-corrected chi connectivity index (χ4v) is 3.32. The zero-order valence-corrected chi connectivity index (χ0v) is 15.3. The summed E-state index contributed by atoms with van der Waals surface area (Å²) in [4.78, 5) is 27.2. The van der Waals surface area contributed by atoms with E-state index < -0.39 is 0 Å². The molecule has 128 valence electrons. The number of rotatable bonds is 6. The van der Waals surface area contributed by atoms with E-state index in [0.717, 1.165) is 17.0 Å². The van der Waals surface area contributed by atoms with E-state index in [9.17, 15) is 9.59 Å². The maximum absolute atomic E-state index is 12.5. The SMILES string of the molecule is Cc1sc(NC(=O)c2ccccc2)c(C(=O)NCC[NH+](C)C)c1C. The van der Waals surface area contributed by atoms with Crippen LogP contribution in [-0.2, 0) is 0 Å². The molecule has 24 heavy (non-hydrogen) atoms. The van der Waals surface area contributed by atoms with E-state index in [-0.39, 0.29) is 11.8 Å². The van der Waals surface area contributed by atoms with Gasteiger partial charge < -0.3 is 15.5 Å². The Morgan fingerprint density at radius 3 is 2.38 bits per heavy atom. The van der Waals surface area contributed by atoms with E-state index in [0.29, 0.717) is 22.7 Å². The summed E-state index contributed by atoms with van der Waals surface area (Å²) in [6.45, 7) is 5.32. The Kier molecular flexibility index (Phi) is 6.11. The van der Waals surface area contributed by atoms with E-state index in [2.05, 4.69) is 10.6 Å². The Hall–Kier alpha value is -2.18. The first kappa shape index (κ1) is 18.2. The minimum Gasteiger partial charge on any atom is -0.346 e. The predicted octanol–water partition coefficient (Wildman–Crippen LogP) is 1.49. The molecule has 5 nitrogen and oxygen atoms in total. The maximum Gasteiger partial charge on any atom is 0.256 e. The molecule has 0 aliphatic rings. The molecular weight excluding hydrogens is 322 g/mol. The third-order valence-electron chi connectivity index (χ3n) is 3.79. The molecule has 1 aromatic carbocycles. The summed E-state index contributed by atoms with van der Waals surface area (Å²) >= 11 is 1.43. The summed E-state index contributed by atoms with van der Waals surface area (Å²) < 4.78 is 0. The van der Waals surface area contributed by atoms with Crippen LogP contribution in [0.4, 0.5) is 5.00 Å². The Labute approximate surface area is 146 Å². The number of likely N-dealkylation sites (N-methyl/N-ethyl adjacent to an activating group) is 1. The maximum atomic E-state index is 12.5. The normalized spacial score (nSPS) is 10.7. The number of aryl methyl sites for hydroxylation is 1. The van der Waals surface area contributed by atoms with E-state index in [1.54, 1.807) is 12.1 Å². The number of amides is 2. The Morgan fingerprint density at radius 1 is 1.08 bits per heavy atom. The molecule has 0 unspecified atom stereocenters. The molecule has 1 heterocycles. The number of benzene rings is 1. The number of carbonyl (C=O) groups is 2. The summed E-state index contributed by atoms with van der Waals surface area (Å²) in [7, 11) is 4.08. The number of hydrogen-bond donors (Lipinski definition) is 3. The van der Waals surface area contributed by atoms with Gasteiger partial charge in [-0.1, -0.05) is 18.2 Å². The Bertz CT molecular complexity index is 723. The summed E-state index contributed by atoms with van der Waals surface area (Å²) in [5.74, 6) is -0.343. The van der Waals surface area contributed by atoms with Crippen LogP contribution in [0, 0.1) is 13.8 Å². The number of hydrogen-bond acceptors (Lipinski definition) is 3. The van der Waals surface area contributed by atoms with E-state index >= 15 is 0 Å². The van der Waals surface area contributed by atoms with E-state index in [1.165, 1.54) is 16.2 Å². The van der Waals surface area contributed by atoms with Crippen molar-refractivity contribution in [3.63, 3.8) is 0 Å². The molecule has 2 rings (SSSR count). The lowest BCUT2D eigenvalue weighted by Crippen LogP contribution is -3.06. The largest absolute Gasteiger partial charge is 0.346 e. The van der Waals surface area contributed by atoms with Crippen molar-refractivity contribution in [1.29, 1.82) is 0 Å². The molecule has 2 amide bonds. The van der Waals surface area contributed by atoms with Crippen molar-refractivity contribution in [2.75, 3.05) is 32.5 Å². The van der Waals surface area contributed by atoms with E-state index in [1.807, 2.05) is 46.1 Å². The molecular formula is C18H24N3O2S+. The second kappa shape index (κ2) is 8.08. The third-order valence-corrected chi connectivity index (χ3v) is 4.91. The molecule has 0 aliphatic carbocycles. The number of anilines is 1. The van der Waals surface area contributed by atoms with Crippen molar-refractivity contribution in [3.05, 3.63) is 51.9 Å². The lowest BCUT2D eigenvalue weighted by atomic mass is 10.1. The standard InChI is InChI=1S/C18H23N3O2S/c1-12-13(2)24-18(15(12)17(23)19-10-11-21(3)4)20-16(22)14-8-6-5-7-9-14/h5-9H,10-11H2,1-4H3,(H,19,23)(H,20,22)/p+1. The fraction of sp³-hybridized carbons (Fsp3) is 0.333. The third kappa shape index (κ3) is 4.43. The van der Waals surface area contributed by atoms with Crippen LogP contribution < -0.4 is 15.5 Å². The van der Waals surface area contributed by atoms with Gasteiger partial charge in [0.15, 0.2) is 0 Å². The van der Waals surface area contributed by atoms with Gasteiger partial charge in [0.2, 0.25) is 0 Å². The van der Waals surface area contributed by atoms with Gasteiger partial charge in [0, 0.05) is 10.4 Å². The van der Waals surface area contributed by atoms with Crippen LogP contribution in [-0.4, -0.2) is 39.0 Å². The van der Waals surface area contributed by atoms with Crippen LogP contribution in [0.2, 0.25) is 0 Å². The molecule has 0 saturated carbocycles. The minimum atomic E-state index is -0.205. The molecule has 2 aromatic rings. The van der Waals surface area contributed by atoms with Gasteiger partial charge in [-0.05, 0) is 31.5 Å². The average Bonchev–Trinajstić information content (AvgIpc) is 2.82. The van der Waals surface area contributed by atoms with Gasteiger partial charge in [-0.2, -0.15) is 0 Å². The van der Waals surface area contributed by atoms with Crippen molar-refractivity contribution >= 4 is 28.2 Å². The molecule has 1 aromatic heterocycles. The number of quaternary nitrogens is 1. The van der Waals surface area contributed by atoms with Crippen LogP contribution >= 0.6 is 11.3 Å².